The van der Waals surface area contributed by atoms with Crippen LogP contribution in [0.25, 0.3) is 11.1 Å². The lowest BCUT2D eigenvalue weighted by molar-refractivity contribution is -0.131. The molecule has 0 saturated heterocycles. The Morgan fingerprint density at radius 1 is 1.23 bits per heavy atom. The van der Waals surface area contributed by atoms with E-state index in [0.29, 0.717) is 16.7 Å². The van der Waals surface area contributed by atoms with Gasteiger partial charge < -0.3 is 4.90 Å². The monoisotopic (exact) mass is 434 g/mol. The van der Waals surface area contributed by atoms with Crippen molar-refractivity contribution < 1.29 is 27.6 Å². The van der Waals surface area contributed by atoms with Crippen LogP contribution in [0.3, 0.4) is 0 Å². The van der Waals surface area contributed by atoms with Gasteiger partial charge >= 0.3 is 0 Å². The minimum Gasteiger partial charge on any atom is -0.334 e. The van der Waals surface area contributed by atoms with Crippen LogP contribution in [0.15, 0.2) is 36.4 Å². The highest BCUT2D eigenvalue weighted by Crippen LogP contribution is 2.32. The number of hydroxylamine groups is 1. The van der Waals surface area contributed by atoms with Crippen LogP contribution >= 0.6 is 0 Å². The fraction of sp³-hybridized carbons (Fsp3) is 0.333. The molecule has 0 aromatic heterocycles. The molecule has 1 unspecified atom stereocenters. The Bertz CT molecular complexity index is 1110. The average molecular weight is 434 g/mol. The van der Waals surface area contributed by atoms with Crippen LogP contribution in [0.5, 0.6) is 0 Å². The van der Waals surface area contributed by atoms with Gasteiger partial charge in [-0.1, -0.05) is 29.8 Å². The number of hydrogen-bond donors (Lipinski definition) is 2. The SMILES string of the molecule is Cc1ccc(-c2cc3c(cc2F)C(=O)N(CCC(C)(C(=O)NO)S(C)(=O)=O)C3)cc1. The third kappa shape index (κ3) is 3.82. The molecule has 1 heterocycles. The summed E-state index contributed by atoms with van der Waals surface area (Å²) in [4.78, 5) is 26.0. The first-order valence-electron chi connectivity index (χ1n) is 9.31. The molecule has 0 radical (unpaired) electrons. The van der Waals surface area contributed by atoms with Crippen molar-refractivity contribution in [1.82, 2.24) is 10.4 Å². The number of hydrogen-bond acceptors (Lipinski definition) is 5. The average Bonchev–Trinajstić information content (AvgIpc) is 2.99. The number of nitrogens with zero attached hydrogens (tertiary/aromatic N) is 1. The number of rotatable bonds is 6. The Kier molecular flexibility index (Phi) is 5.70. The lowest BCUT2D eigenvalue weighted by Gasteiger charge is -2.27. The first-order valence-corrected chi connectivity index (χ1v) is 11.2. The molecule has 2 aromatic rings. The summed E-state index contributed by atoms with van der Waals surface area (Å²) < 4.78 is 37.0. The molecule has 160 valence electrons. The molecule has 0 aliphatic carbocycles. The minimum absolute atomic E-state index is 0.0496. The maximum Gasteiger partial charge on any atom is 0.264 e. The van der Waals surface area contributed by atoms with Gasteiger partial charge in [0.25, 0.3) is 11.8 Å². The predicted molar refractivity (Wildman–Crippen MR) is 109 cm³/mol. The third-order valence-electron chi connectivity index (χ3n) is 5.69. The van der Waals surface area contributed by atoms with E-state index in [1.165, 1.54) is 23.4 Å². The topological polar surface area (TPSA) is 104 Å². The zero-order valence-corrected chi connectivity index (χ0v) is 17.7. The number of benzene rings is 2. The number of halogens is 1. The summed E-state index contributed by atoms with van der Waals surface area (Å²) in [7, 11) is -3.88. The van der Waals surface area contributed by atoms with Crippen LogP contribution in [0.4, 0.5) is 4.39 Å². The highest BCUT2D eigenvalue weighted by atomic mass is 32.2. The van der Waals surface area contributed by atoms with Gasteiger partial charge in [-0.25, -0.2) is 18.3 Å². The summed E-state index contributed by atoms with van der Waals surface area (Å²) in [5.41, 5.74) is 4.34. The summed E-state index contributed by atoms with van der Waals surface area (Å²) in [6, 6.07) is 10.2. The zero-order valence-electron chi connectivity index (χ0n) is 16.9. The molecular weight excluding hydrogens is 411 g/mol. The van der Waals surface area contributed by atoms with Crippen molar-refractivity contribution in [2.45, 2.75) is 31.6 Å². The fourth-order valence-corrected chi connectivity index (χ4v) is 4.31. The van der Waals surface area contributed by atoms with Crippen molar-refractivity contribution in [3.8, 4) is 11.1 Å². The van der Waals surface area contributed by atoms with Crippen molar-refractivity contribution in [2.75, 3.05) is 12.8 Å². The summed E-state index contributed by atoms with van der Waals surface area (Å²) in [5.74, 6) is -2.02. The molecule has 2 amide bonds. The van der Waals surface area contributed by atoms with Crippen LogP contribution in [-0.2, 0) is 21.2 Å². The Labute approximate surface area is 174 Å². The smallest absolute Gasteiger partial charge is 0.264 e. The molecule has 0 bridgehead atoms. The van der Waals surface area contributed by atoms with Gasteiger partial charge in [-0.2, -0.15) is 0 Å². The van der Waals surface area contributed by atoms with Gasteiger partial charge in [-0.05, 0) is 43.5 Å². The molecule has 3 rings (SSSR count). The minimum atomic E-state index is -3.88. The number of carbonyl (C=O) groups is 2. The van der Waals surface area contributed by atoms with E-state index in [4.69, 9.17) is 5.21 Å². The number of aryl methyl sites for hydroxylation is 1. The first-order chi connectivity index (χ1) is 14.0. The third-order valence-corrected chi connectivity index (χ3v) is 7.72. The van der Waals surface area contributed by atoms with Gasteiger partial charge in [0.2, 0.25) is 0 Å². The highest BCUT2D eigenvalue weighted by Gasteiger charge is 2.44. The van der Waals surface area contributed by atoms with E-state index in [2.05, 4.69) is 0 Å². The molecule has 1 aliphatic heterocycles. The van der Waals surface area contributed by atoms with E-state index in [1.54, 1.807) is 18.2 Å². The van der Waals surface area contributed by atoms with E-state index in [0.717, 1.165) is 11.8 Å². The van der Waals surface area contributed by atoms with Crippen molar-refractivity contribution >= 4 is 21.7 Å². The molecular formula is C21H23FN2O5S. The summed E-state index contributed by atoms with van der Waals surface area (Å²) >= 11 is 0. The van der Waals surface area contributed by atoms with Crippen LogP contribution < -0.4 is 5.48 Å². The van der Waals surface area contributed by atoms with Crippen LogP contribution in [0, 0.1) is 12.7 Å². The molecule has 7 nitrogen and oxygen atoms in total. The van der Waals surface area contributed by atoms with Crippen molar-refractivity contribution in [2.24, 2.45) is 0 Å². The van der Waals surface area contributed by atoms with Crippen LogP contribution in [-0.4, -0.2) is 47.9 Å². The van der Waals surface area contributed by atoms with Gasteiger partial charge in [0.05, 0.1) is 0 Å². The van der Waals surface area contributed by atoms with Crippen molar-refractivity contribution in [3.05, 3.63) is 58.9 Å². The predicted octanol–water partition coefficient (Wildman–Crippen LogP) is 2.46. The van der Waals surface area contributed by atoms with Crippen LogP contribution in [0.2, 0.25) is 0 Å². The molecule has 30 heavy (non-hydrogen) atoms. The second-order valence-corrected chi connectivity index (χ2v) is 10.2. The van der Waals surface area contributed by atoms with Gasteiger partial charge in [-0.3, -0.25) is 14.8 Å². The molecule has 0 saturated carbocycles. The Morgan fingerprint density at radius 3 is 2.43 bits per heavy atom. The number of sulfone groups is 1. The number of amides is 2. The summed E-state index contributed by atoms with van der Waals surface area (Å²) in [6.45, 7) is 3.25. The molecule has 0 fully saturated rings. The summed E-state index contributed by atoms with van der Waals surface area (Å²) in [6.07, 6.45) is 0.678. The van der Waals surface area contributed by atoms with Crippen molar-refractivity contribution in [1.29, 1.82) is 0 Å². The molecule has 0 spiro atoms. The number of fused-ring (bicyclic) bond motifs is 1. The first kappa shape index (κ1) is 21.9. The van der Waals surface area contributed by atoms with E-state index in [9.17, 15) is 22.4 Å². The van der Waals surface area contributed by atoms with E-state index in [-0.39, 0.29) is 25.1 Å². The Morgan fingerprint density at radius 2 is 1.87 bits per heavy atom. The second kappa shape index (κ2) is 7.81. The van der Waals surface area contributed by atoms with Crippen LogP contribution in [0.1, 0.15) is 34.8 Å². The van der Waals surface area contributed by atoms with Gasteiger partial charge in [-0.15, -0.1) is 0 Å². The van der Waals surface area contributed by atoms with Crippen molar-refractivity contribution in [3.63, 3.8) is 0 Å². The molecule has 2 aromatic carbocycles. The number of carbonyl (C=O) groups excluding carboxylic acids is 2. The normalized spacial score (nSPS) is 15.6. The number of nitrogens with one attached hydrogen (secondary N) is 1. The largest absolute Gasteiger partial charge is 0.334 e. The molecule has 1 atom stereocenters. The highest BCUT2D eigenvalue weighted by molar-refractivity contribution is 7.92. The Hall–Kier alpha value is -2.78. The maximum atomic E-state index is 14.7. The standard InChI is InChI=1S/C21H23FN2O5S/c1-13-4-6-14(7-5-13)16-10-15-12-24(19(25)17(15)11-18(16)22)9-8-21(2,20(26)23-27)30(3,28)29/h4-7,10-11,27H,8-9,12H2,1-3H3,(H,23,26). The van der Waals surface area contributed by atoms with Gasteiger partial charge in [0.15, 0.2) is 14.6 Å². The second-order valence-electron chi connectivity index (χ2n) is 7.78. The molecule has 2 N–H and O–H groups in total. The quantitative estimate of drug-likeness (QED) is 0.537. The van der Waals surface area contributed by atoms with Gasteiger partial charge in [0, 0.05) is 30.5 Å². The zero-order chi connectivity index (χ0) is 22.3. The molecule has 1 aliphatic rings. The Balaban J connectivity index is 1.85. The van der Waals surface area contributed by atoms with E-state index in [1.807, 2.05) is 19.1 Å². The van der Waals surface area contributed by atoms with E-state index < -0.39 is 32.2 Å². The lowest BCUT2D eigenvalue weighted by Crippen LogP contribution is -2.50. The lowest BCUT2D eigenvalue weighted by atomic mass is 9.99. The fourth-order valence-electron chi connectivity index (χ4n) is 3.46. The molecule has 9 heteroatoms. The van der Waals surface area contributed by atoms with E-state index >= 15 is 0 Å². The maximum absolute atomic E-state index is 14.7. The van der Waals surface area contributed by atoms with Gasteiger partial charge in [0.1, 0.15) is 5.82 Å². The summed E-state index contributed by atoms with van der Waals surface area (Å²) in [5, 5.41) is 8.92.